The zero-order chi connectivity index (χ0) is 19.0. The highest BCUT2D eigenvalue weighted by Gasteiger charge is 2.15. The van der Waals surface area contributed by atoms with Gasteiger partial charge in [0.2, 0.25) is 5.13 Å². The number of methoxy groups -OCH3 is 1. The number of aromatic amines is 1. The molecular formula is C17H16N6O2S2. The van der Waals surface area contributed by atoms with Crippen LogP contribution in [0, 0.1) is 6.92 Å². The number of rotatable bonds is 5. The van der Waals surface area contributed by atoms with Gasteiger partial charge in [-0.25, -0.2) is 9.50 Å². The topological polar surface area (TPSA) is 111 Å². The van der Waals surface area contributed by atoms with E-state index < -0.39 is 0 Å². The number of nitrogen functional groups attached to an aromatic ring is 1. The highest BCUT2D eigenvalue weighted by Crippen LogP contribution is 2.29. The summed E-state index contributed by atoms with van der Waals surface area (Å²) in [7, 11) is 1.63. The number of H-pyrrole nitrogens is 1. The average molecular weight is 400 g/mol. The lowest BCUT2D eigenvalue weighted by molar-refractivity contribution is 0.415. The first-order chi connectivity index (χ1) is 13.0. The minimum atomic E-state index is -0.157. The number of nitrogens with two attached hydrogens (primary N) is 1. The van der Waals surface area contributed by atoms with Gasteiger partial charge in [-0.3, -0.25) is 9.89 Å². The van der Waals surface area contributed by atoms with E-state index in [4.69, 9.17) is 15.5 Å². The Balaban J connectivity index is 1.74. The summed E-state index contributed by atoms with van der Waals surface area (Å²) in [5, 5.41) is 11.3. The third kappa shape index (κ3) is 3.40. The Kier molecular flexibility index (Phi) is 4.58. The molecule has 0 aliphatic carbocycles. The summed E-state index contributed by atoms with van der Waals surface area (Å²) in [5.74, 6) is 1.28. The van der Waals surface area contributed by atoms with Gasteiger partial charge in [0.25, 0.3) is 5.56 Å². The monoisotopic (exact) mass is 400 g/mol. The molecule has 0 spiro atoms. The van der Waals surface area contributed by atoms with E-state index in [-0.39, 0.29) is 5.56 Å². The molecule has 0 aliphatic rings. The lowest BCUT2D eigenvalue weighted by atomic mass is 10.1. The first kappa shape index (κ1) is 17.6. The Labute approximate surface area is 162 Å². The molecule has 4 rings (SSSR count). The molecule has 3 aromatic heterocycles. The zero-order valence-corrected chi connectivity index (χ0v) is 16.2. The van der Waals surface area contributed by atoms with Crippen LogP contribution in [-0.2, 0) is 5.75 Å². The molecule has 0 aliphatic heterocycles. The number of anilines is 1. The lowest BCUT2D eigenvalue weighted by Crippen LogP contribution is -2.15. The van der Waals surface area contributed by atoms with Crippen LogP contribution in [-0.4, -0.2) is 31.9 Å². The smallest absolute Gasteiger partial charge is 0.272 e. The molecule has 0 amide bonds. The van der Waals surface area contributed by atoms with Gasteiger partial charge in [-0.15, -0.1) is 10.2 Å². The van der Waals surface area contributed by atoms with Gasteiger partial charge >= 0.3 is 0 Å². The molecule has 8 nitrogen and oxygen atoms in total. The minimum Gasteiger partial charge on any atom is -0.497 e. The van der Waals surface area contributed by atoms with Crippen molar-refractivity contribution in [3.8, 4) is 16.9 Å². The predicted octanol–water partition coefficient (Wildman–Crippen LogP) is 2.73. The second kappa shape index (κ2) is 7.05. The summed E-state index contributed by atoms with van der Waals surface area (Å²) in [5.41, 5.74) is 9.43. The Morgan fingerprint density at radius 1 is 1.30 bits per heavy atom. The van der Waals surface area contributed by atoms with Crippen molar-refractivity contribution in [2.75, 3.05) is 12.8 Å². The molecule has 0 fully saturated rings. The van der Waals surface area contributed by atoms with Gasteiger partial charge in [-0.05, 0) is 24.6 Å². The SMILES string of the molecule is COc1ccc(-c2c(C)[nH]n3c(=O)cc(CSc4nnc(N)s4)nc23)cc1. The molecule has 138 valence electrons. The molecule has 3 heterocycles. The van der Waals surface area contributed by atoms with Gasteiger partial charge in [0.05, 0.1) is 12.8 Å². The van der Waals surface area contributed by atoms with E-state index in [1.165, 1.54) is 33.7 Å². The molecule has 10 heteroatoms. The van der Waals surface area contributed by atoms with E-state index in [2.05, 4.69) is 15.3 Å². The van der Waals surface area contributed by atoms with Gasteiger partial charge in [0.1, 0.15) is 5.75 Å². The van der Waals surface area contributed by atoms with Crippen molar-refractivity contribution in [2.24, 2.45) is 0 Å². The zero-order valence-electron chi connectivity index (χ0n) is 14.6. The fraction of sp³-hybridized carbons (Fsp3) is 0.176. The van der Waals surface area contributed by atoms with Crippen molar-refractivity contribution >= 4 is 33.9 Å². The molecule has 1 aromatic carbocycles. The van der Waals surface area contributed by atoms with Crippen LogP contribution >= 0.6 is 23.1 Å². The Bertz CT molecular complexity index is 1160. The summed E-state index contributed by atoms with van der Waals surface area (Å²) in [6.07, 6.45) is 0. The number of nitrogens with one attached hydrogen (secondary N) is 1. The van der Waals surface area contributed by atoms with E-state index in [1.54, 1.807) is 7.11 Å². The van der Waals surface area contributed by atoms with Crippen LogP contribution in [0.3, 0.4) is 0 Å². The third-order valence-corrected chi connectivity index (χ3v) is 5.91. The second-order valence-corrected chi connectivity index (χ2v) is 8.01. The van der Waals surface area contributed by atoms with Gasteiger partial charge in [0.15, 0.2) is 9.99 Å². The van der Waals surface area contributed by atoms with Crippen molar-refractivity contribution in [1.29, 1.82) is 0 Å². The van der Waals surface area contributed by atoms with Crippen LogP contribution in [0.5, 0.6) is 5.75 Å². The van der Waals surface area contributed by atoms with Gasteiger partial charge in [-0.2, -0.15) is 0 Å². The number of ether oxygens (including phenoxy) is 1. The predicted molar refractivity (Wildman–Crippen MR) is 106 cm³/mol. The van der Waals surface area contributed by atoms with Crippen molar-refractivity contribution < 1.29 is 4.74 Å². The Hall–Kier alpha value is -2.85. The molecule has 0 bridgehead atoms. The summed E-state index contributed by atoms with van der Waals surface area (Å²) >= 11 is 2.76. The molecule has 27 heavy (non-hydrogen) atoms. The van der Waals surface area contributed by atoms with E-state index in [0.717, 1.165) is 26.9 Å². The molecular weight excluding hydrogens is 384 g/mol. The maximum absolute atomic E-state index is 12.5. The highest BCUT2D eigenvalue weighted by molar-refractivity contribution is 8.00. The van der Waals surface area contributed by atoms with Crippen molar-refractivity contribution in [3.63, 3.8) is 0 Å². The van der Waals surface area contributed by atoms with Crippen molar-refractivity contribution in [3.05, 3.63) is 52.1 Å². The summed E-state index contributed by atoms with van der Waals surface area (Å²) in [4.78, 5) is 17.2. The van der Waals surface area contributed by atoms with Crippen molar-refractivity contribution in [2.45, 2.75) is 17.0 Å². The van der Waals surface area contributed by atoms with Gasteiger partial charge in [-0.1, -0.05) is 35.2 Å². The van der Waals surface area contributed by atoms with Gasteiger partial charge in [0, 0.05) is 23.1 Å². The molecule has 4 aromatic rings. The molecule has 0 saturated carbocycles. The Morgan fingerprint density at radius 3 is 2.74 bits per heavy atom. The summed E-state index contributed by atoms with van der Waals surface area (Å²) < 4.78 is 7.43. The second-order valence-electron chi connectivity index (χ2n) is 5.78. The molecule has 0 atom stereocenters. The maximum Gasteiger partial charge on any atom is 0.272 e. The fourth-order valence-corrected chi connectivity index (χ4v) is 4.32. The number of fused-ring (bicyclic) bond motifs is 1. The number of aryl methyl sites for hydroxylation is 1. The first-order valence-electron chi connectivity index (χ1n) is 8.02. The standard InChI is InChI=1S/C17H16N6O2S2/c1-9-14(10-3-5-12(25-2)6-4-10)15-19-11(7-13(24)23(15)22-9)8-26-17-21-20-16(18)27-17/h3-7,22H,8H2,1-2H3,(H2,18,20). The molecule has 0 saturated heterocycles. The fourth-order valence-electron chi connectivity index (χ4n) is 2.79. The van der Waals surface area contributed by atoms with Crippen LogP contribution in [0.15, 0.2) is 39.5 Å². The van der Waals surface area contributed by atoms with Crippen LogP contribution in [0.2, 0.25) is 0 Å². The number of hydrogen-bond donors (Lipinski definition) is 2. The number of hydrogen-bond acceptors (Lipinski definition) is 8. The normalized spacial score (nSPS) is 11.2. The number of aromatic nitrogens is 5. The summed E-state index contributed by atoms with van der Waals surface area (Å²) in [6, 6.07) is 9.20. The number of nitrogens with zero attached hydrogens (tertiary/aromatic N) is 4. The number of benzene rings is 1. The highest BCUT2D eigenvalue weighted by atomic mass is 32.2. The van der Waals surface area contributed by atoms with Crippen LogP contribution in [0.4, 0.5) is 5.13 Å². The largest absolute Gasteiger partial charge is 0.497 e. The van der Waals surface area contributed by atoms with Crippen LogP contribution < -0.4 is 16.0 Å². The lowest BCUT2D eigenvalue weighted by Gasteiger charge is -2.04. The van der Waals surface area contributed by atoms with E-state index in [9.17, 15) is 4.79 Å². The Morgan fingerprint density at radius 2 is 2.07 bits per heavy atom. The van der Waals surface area contributed by atoms with Crippen LogP contribution in [0.25, 0.3) is 16.8 Å². The average Bonchev–Trinajstić information content (AvgIpc) is 3.23. The van der Waals surface area contributed by atoms with E-state index in [0.29, 0.717) is 22.2 Å². The third-order valence-electron chi connectivity index (χ3n) is 3.99. The van der Waals surface area contributed by atoms with Crippen molar-refractivity contribution in [1.82, 2.24) is 24.8 Å². The molecule has 0 unspecified atom stereocenters. The summed E-state index contributed by atoms with van der Waals surface area (Å²) in [6.45, 7) is 1.92. The van der Waals surface area contributed by atoms with Crippen LogP contribution in [0.1, 0.15) is 11.4 Å². The maximum atomic E-state index is 12.5. The minimum absolute atomic E-state index is 0.157. The molecule has 0 radical (unpaired) electrons. The van der Waals surface area contributed by atoms with E-state index in [1.807, 2.05) is 31.2 Å². The number of thioether (sulfide) groups is 1. The van der Waals surface area contributed by atoms with E-state index >= 15 is 0 Å². The molecule has 3 N–H and O–H groups in total. The van der Waals surface area contributed by atoms with Gasteiger partial charge < -0.3 is 10.5 Å². The quantitative estimate of drug-likeness (QED) is 0.496. The first-order valence-corrected chi connectivity index (χ1v) is 9.83.